The average molecular weight is 282 g/mol. The van der Waals surface area contributed by atoms with Gasteiger partial charge in [0.25, 0.3) is 0 Å². The van der Waals surface area contributed by atoms with Crippen molar-refractivity contribution in [2.45, 2.75) is 37.9 Å². The van der Waals surface area contributed by atoms with Gasteiger partial charge < -0.3 is 10.0 Å². The second-order valence-electron chi connectivity index (χ2n) is 5.34. The van der Waals surface area contributed by atoms with Gasteiger partial charge in [-0.2, -0.15) is 13.2 Å². The lowest BCUT2D eigenvalue weighted by Crippen LogP contribution is -2.58. The van der Waals surface area contributed by atoms with E-state index in [0.29, 0.717) is 13.1 Å². The Bertz CT molecular complexity index is 315. The first-order valence-electron chi connectivity index (χ1n) is 6.39. The van der Waals surface area contributed by atoms with Crippen LogP contribution in [0.1, 0.15) is 26.2 Å². The van der Waals surface area contributed by atoms with Gasteiger partial charge in [0.2, 0.25) is 0 Å². The molecule has 1 aliphatic heterocycles. The third-order valence-electron chi connectivity index (χ3n) is 3.79. The third-order valence-corrected chi connectivity index (χ3v) is 3.79. The number of carboxylic acids is 1. The zero-order valence-electron chi connectivity index (χ0n) is 11.3. The summed E-state index contributed by atoms with van der Waals surface area (Å²) < 4.78 is 36.5. The second-order valence-corrected chi connectivity index (χ2v) is 5.34. The third kappa shape index (κ3) is 4.65. The monoisotopic (exact) mass is 282 g/mol. The number of carbonyl (C=O) groups is 1. The normalized spacial score (nSPS) is 22.2. The Morgan fingerprint density at radius 2 is 1.68 bits per heavy atom. The maximum absolute atomic E-state index is 12.2. The molecule has 0 aliphatic carbocycles. The minimum absolute atomic E-state index is 0.0194. The van der Waals surface area contributed by atoms with E-state index in [2.05, 4.69) is 4.90 Å². The molecule has 0 spiro atoms. The topological polar surface area (TPSA) is 43.8 Å². The van der Waals surface area contributed by atoms with Gasteiger partial charge in [-0.3, -0.25) is 9.69 Å². The fourth-order valence-corrected chi connectivity index (χ4v) is 2.33. The van der Waals surface area contributed by atoms with Crippen LogP contribution in [-0.2, 0) is 4.79 Å². The highest BCUT2D eigenvalue weighted by atomic mass is 19.4. The maximum atomic E-state index is 12.2. The van der Waals surface area contributed by atoms with Gasteiger partial charge in [0.15, 0.2) is 0 Å². The molecule has 0 aromatic carbocycles. The van der Waals surface area contributed by atoms with Gasteiger partial charge in [-0.25, -0.2) is 0 Å². The van der Waals surface area contributed by atoms with Gasteiger partial charge in [0, 0.05) is 32.6 Å². The molecule has 0 radical (unpaired) electrons. The maximum Gasteiger partial charge on any atom is 0.389 e. The SMILES string of the molecule is CN1CCN(C(C)(CCCC(F)(F)F)C(=O)O)CC1. The molecule has 112 valence electrons. The number of halogens is 3. The first-order chi connectivity index (χ1) is 8.65. The van der Waals surface area contributed by atoms with Crippen LogP contribution in [0.25, 0.3) is 0 Å². The highest BCUT2D eigenvalue weighted by Gasteiger charge is 2.41. The fourth-order valence-electron chi connectivity index (χ4n) is 2.33. The van der Waals surface area contributed by atoms with Crippen molar-refractivity contribution >= 4 is 5.97 Å². The van der Waals surface area contributed by atoms with Crippen LogP contribution in [0, 0.1) is 0 Å². The summed E-state index contributed by atoms with van der Waals surface area (Å²) in [6.07, 6.45) is -5.28. The molecule has 0 bridgehead atoms. The number of aliphatic carboxylic acids is 1. The standard InChI is InChI=1S/C12H21F3N2O2/c1-11(10(18)19,4-3-5-12(13,14)15)17-8-6-16(2)7-9-17/h3-9H2,1-2H3,(H,18,19). The Labute approximate surface area is 111 Å². The number of alkyl halides is 3. The Hall–Kier alpha value is -0.820. The van der Waals surface area contributed by atoms with E-state index in [-0.39, 0.29) is 12.8 Å². The van der Waals surface area contributed by atoms with Gasteiger partial charge in [0.05, 0.1) is 0 Å². The Balaban J connectivity index is 2.61. The largest absolute Gasteiger partial charge is 0.480 e. The summed E-state index contributed by atoms with van der Waals surface area (Å²) in [5.74, 6) is -1.04. The van der Waals surface area contributed by atoms with Gasteiger partial charge in [-0.1, -0.05) is 0 Å². The molecule has 1 N–H and O–H groups in total. The minimum atomic E-state index is -4.22. The number of hydrogen-bond acceptors (Lipinski definition) is 3. The molecule has 1 saturated heterocycles. The molecule has 4 nitrogen and oxygen atoms in total. The minimum Gasteiger partial charge on any atom is -0.480 e. The lowest BCUT2D eigenvalue weighted by atomic mass is 9.91. The van der Waals surface area contributed by atoms with E-state index in [9.17, 15) is 23.1 Å². The van der Waals surface area contributed by atoms with Crippen molar-refractivity contribution in [3.05, 3.63) is 0 Å². The predicted octanol–water partition coefficient (Wildman–Crippen LogP) is 1.81. The molecule has 0 amide bonds. The molecule has 19 heavy (non-hydrogen) atoms. The van der Waals surface area contributed by atoms with E-state index < -0.39 is 24.1 Å². The van der Waals surface area contributed by atoms with Crippen molar-refractivity contribution in [2.24, 2.45) is 0 Å². The molecule has 1 unspecified atom stereocenters. The Morgan fingerprint density at radius 3 is 2.11 bits per heavy atom. The van der Waals surface area contributed by atoms with Gasteiger partial charge >= 0.3 is 12.1 Å². The van der Waals surface area contributed by atoms with Gasteiger partial charge in [-0.15, -0.1) is 0 Å². The summed E-state index contributed by atoms with van der Waals surface area (Å²) in [7, 11) is 1.94. The lowest BCUT2D eigenvalue weighted by Gasteiger charge is -2.42. The van der Waals surface area contributed by atoms with Crippen LogP contribution in [0.5, 0.6) is 0 Å². The second kappa shape index (κ2) is 6.09. The van der Waals surface area contributed by atoms with Gasteiger partial charge in [0.1, 0.15) is 5.54 Å². The Morgan fingerprint density at radius 1 is 1.16 bits per heavy atom. The van der Waals surface area contributed by atoms with Crippen LogP contribution < -0.4 is 0 Å². The Kier molecular flexibility index (Phi) is 5.20. The zero-order valence-corrected chi connectivity index (χ0v) is 11.3. The molecule has 1 heterocycles. The van der Waals surface area contributed by atoms with Crippen LogP contribution in [-0.4, -0.2) is 65.8 Å². The van der Waals surface area contributed by atoms with E-state index in [1.54, 1.807) is 4.90 Å². The predicted molar refractivity (Wildman–Crippen MR) is 65.0 cm³/mol. The fraction of sp³-hybridized carbons (Fsp3) is 0.917. The van der Waals surface area contributed by atoms with Crippen LogP contribution >= 0.6 is 0 Å². The van der Waals surface area contributed by atoms with E-state index >= 15 is 0 Å². The quantitative estimate of drug-likeness (QED) is 0.835. The van der Waals surface area contributed by atoms with Crippen molar-refractivity contribution in [2.75, 3.05) is 33.2 Å². The van der Waals surface area contributed by atoms with Crippen molar-refractivity contribution in [1.29, 1.82) is 0 Å². The molecule has 0 saturated carbocycles. The summed E-state index contributed by atoms with van der Waals surface area (Å²) in [6.45, 7) is 4.15. The lowest BCUT2D eigenvalue weighted by molar-refractivity contribution is -0.155. The summed E-state index contributed by atoms with van der Waals surface area (Å²) in [5.41, 5.74) is -1.20. The number of likely N-dealkylation sites (N-methyl/N-ethyl adjacent to an activating group) is 1. The first-order valence-corrected chi connectivity index (χ1v) is 6.39. The van der Waals surface area contributed by atoms with E-state index in [1.807, 2.05) is 7.05 Å². The van der Waals surface area contributed by atoms with Crippen LogP contribution in [0.15, 0.2) is 0 Å². The number of piperazine rings is 1. The molecular weight excluding hydrogens is 261 g/mol. The van der Waals surface area contributed by atoms with Crippen molar-refractivity contribution in [3.8, 4) is 0 Å². The molecule has 1 fully saturated rings. The molecular formula is C12H21F3N2O2. The average Bonchev–Trinajstić information content (AvgIpc) is 2.27. The van der Waals surface area contributed by atoms with E-state index in [4.69, 9.17) is 0 Å². The number of nitrogens with zero attached hydrogens (tertiary/aromatic N) is 2. The number of carboxylic acid groups (broad SMARTS) is 1. The zero-order chi connectivity index (χ0) is 14.7. The summed E-state index contributed by atoms with van der Waals surface area (Å²) in [5, 5.41) is 9.34. The highest BCUT2D eigenvalue weighted by molar-refractivity contribution is 5.78. The van der Waals surface area contributed by atoms with Crippen molar-refractivity contribution in [3.63, 3.8) is 0 Å². The number of hydrogen-bond donors (Lipinski definition) is 1. The van der Waals surface area contributed by atoms with Crippen molar-refractivity contribution < 1.29 is 23.1 Å². The van der Waals surface area contributed by atoms with E-state index in [1.165, 1.54) is 6.92 Å². The smallest absolute Gasteiger partial charge is 0.389 e. The van der Waals surface area contributed by atoms with E-state index in [0.717, 1.165) is 13.1 Å². The summed E-state index contributed by atoms with van der Waals surface area (Å²) in [4.78, 5) is 15.3. The highest BCUT2D eigenvalue weighted by Crippen LogP contribution is 2.28. The van der Waals surface area contributed by atoms with Gasteiger partial charge in [-0.05, 0) is 26.8 Å². The molecule has 1 aliphatic rings. The molecule has 0 aromatic heterocycles. The van der Waals surface area contributed by atoms with Crippen LogP contribution in [0.4, 0.5) is 13.2 Å². The summed E-state index contributed by atoms with van der Waals surface area (Å²) in [6, 6.07) is 0. The molecule has 7 heteroatoms. The first kappa shape index (κ1) is 16.2. The van der Waals surface area contributed by atoms with Crippen LogP contribution in [0.3, 0.4) is 0 Å². The van der Waals surface area contributed by atoms with Crippen LogP contribution in [0.2, 0.25) is 0 Å². The van der Waals surface area contributed by atoms with Crippen molar-refractivity contribution in [1.82, 2.24) is 9.80 Å². The molecule has 1 atom stereocenters. The molecule has 0 aromatic rings. The summed E-state index contributed by atoms with van der Waals surface area (Å²) >= 11 is 0. The molecule has 1 rings (SSSR count). The number of rotatable bonds is 5.